The van der Waals surface area contributed by atoms with Crippen LogP contribution in [-0.2, 0) is 9.59 Å². The molecule has 1 unspecified atom stereocenters. The number of carbonyl (C=O) groups excluding carboxylic acids is 1. The van der Waals surface area contributed by atoms with Crippen LogP contribution in [0, 0.1) is 0 Å². The number of hydrogen-bond acceptors (Lipinski definition) is 3. The molecule has 0 saturated heterocycles. The van der Waals surface area contributed by atoms with Crippen LogP contribution in [0.2, 0.25) is 0 Å². The van der Waals surface area contributed by atoms with E-state index in [2.05, 4.69) is 5.32 Å². The third-order valence-corrected chi connectivity index (χ3v) is 1.96. The molecule has 5 heteroatoms. The van der Waals surface area contributed by atoms with E-state index in [-0.39, 0.29) is 5.91 Å². The first kappa shape index (κ1) is 12.9. The SMILES string of the molecule is CCC[C@@H](N)C(=O)NC(CC)C(=O)O. The summed E-state index contributed by atoms with van der Waals surface area (Å²) in [6, 6.07) is -1.43. The van der Waals surface area contributed by atoms with Crippen molar-refractivity contribution in [2.24, 2.45) is 5.73 Å². The Kier molecular flexibility index (Phi) is 5.87. The van der Waals surface area contributed by atoms with Gasteiger partial charge in [-0.2, -0.15) is 0 Å². The first-order chi connectivity index (χ1) is 6.52. The van der Waals surface area contributed by atoms with Gasteiger partial charge in [-0.05, 0) is 12.8 Å². The summed E-state index contributed by atoms with van der Waals surface area (Å²) < 4.78 is 0. The summed E-state index contributed by atoms with van der Waals surface area (Å²) in [4.78, 5) is 21.9. The molecule has 82 valence electrons. The molecule has 0 aliphatic carbocycles. The highest BCUT2D eigenvalue weighted by molar-refractivity contribution is 5.86. The van der Waals surface area contributed by atoms with Gasteiger partial charge in [0.1, 0.15) is 6.04 Å². The Balaban J connectivity index is 4.08. The molecule has 2 atom stereocenters. The van der Waals surface area contributed by atoms with Gasteiger partial charge in [-0.25, -0.2) is 4.79 Å². The highest BCUT2D eigenvalue weighted by atomic mass is 16.4. The summed E-state index contributed by atoms with van der Waals surface area (Å²) in [7, 11) is 0. The molecule has 0 aliphatic heterocycles. The number of carboxylic acids is 1. The molecular weight excluding hydrogens is 184 g/mol. The molecular formula is C9H18N2O3. The molecule has 0 fully saturated rings. The summed E-state index contributed by atoms with van der Waals surface area (Å²) in [6.07, 6.45) is 1.74. The summed E-state index contributed by atoms with van der Waals surface area (Å²) in [5.41, 5.74) is 5.53. The number of nitrogens with one attached hydrogen (secondary N) is 1. The van der Waals surface area contributed by atoms with Crippen LogP contribution in [-0.4, -0.2) is 29.1 Å². The molecule has 0 aromatic rings. The first-order valence-corrected chi connectivity index (χ1v) is 4.81. The highest BCUT2D eigenvalue weighted by Gasteiger charge is 2.20. The average Bonchev–Trinajstić information content (AvgIpc) is 2.13. The molecule has 0 saturated carbocycles. The van der Waals surface area contributed by atoms with E-state index in [1.807, 2.05) is 6.92 Å². The molecule has 5 nitrogen and oxygen atoms in total. The fourth-order valence-corrected chi connectivity index (χ4v) is 1.06. The van der Waals surface area contributed by atoms with Crippen molar-refractivity contribution in [2.45, 2.75) is 45.2 Å². The second-order valence-electron chi connectivity index (χ2n) is 3.20. The number of hydrogen-bond donors (Lipinski definition) is 3. The van der Waals surface area contributed by atoms with Gasteiger partial charge in [-0.1, -0.05) is 20.3 Å². The lowest BCUT2D eigenvalue weighted by atomic mass is 10.1. The van der Waals surface area contributed by atoms with E-state index >= 15 is 0 Å². The third kappa shape index (κ3) is 4.23. The molecule has 0 rings (SSSR count). The van der Waals surface area contributed by atoms with Gasteiger partial charge >= 0.3 is 5.97 Å². The molecule has 0 radical (unpaired) electrons. The lowest BCUT2D eigenvalue weighted by molar-refractivity contribution is -0.142. The zero-order valence-electron chi connectivity index (χ0n) is 8.62. The summed E-state index contributed by atoms with van der Waals surface area (Å²) in [5, 5.41) is 11.1. The topological polar surface area (TPSA) is 92.4 Å². The summed E-state index contributed by atoms with van der Waals surface area (Å²) in [6.45, 7) is 3.62. The number of carbonyl (C=O) groups is 2. The van der Waals surface area contributed by atoms with Gasteiger partial charge in [0.15, 0.2) is 0 Å². The lowest BCUT2D eigenvalue weighted by Gasteiger charge is -2.15. The summed E-state index contributed by atoms with van der Waals surface area (Å²) in [5.74, 6) is -1.41. The van der Waals surface area contributed by atoms with Crippen LogP contribution in [0.4, 0.5) is 0 Å². The van der Waals surface area contributed by atoms with Crippen LogP contribution >= 0.6 is 0 Å². The Morgan fingerprint density at radius 2 is 2.00 bits per heavy atom. The largest absolute Gasteiger partial charge is 0.480 e. The van der Waals surface area contributed by atoms with Crippen molar-refractivity contribution < 1.29 is 14.7 Å². The van der Waals surface area contributed by atoms with Crippen molar-refractivity contribution >= 4 is 11.9 Å². The van der Waals surface area contributed by atoms with Crippen molar-refractivity contribution in [2.75, 3.05) is 0 Å². The Labute approximate surface area is 83.7 Å². The average molecular weight is 202 g/mol. The van der Waals surface area contributed by atoms with E-state index in [1.54, 1.807) is 6.92 Å². The molecule has 0 aromatic heterocycles. The van der Waals surface area contributed by atoms with Crippen LogP contribution in [0.1, 0.15) is 33.1 Å². The molecule has 0 heterocycles. The minimum Gasteiger partial charge on any atom is -0.480 e. The van der Waals surface area contributed by atoms with Crippen LogP contribution in [0.15, 0.2) is 0 Å². The number of amides is 1. The van der Waals surface area contributed by atoms with Crippen molar-refractivity contribution in [3.05, 3.63) is 0 Å². The number of rotatable bonds is 6. The zero-order valence-corrected chi connectivity index (χ0v) is 8.62. The van der Waals surface area contributed by atoms with Crippen molar-refractivity contribution in [1.29, 1.82) is 0 Å². The Bertz CT molecular complexity index is 206. The predicted octanol–water partition coefficient (Wildman–Crippen LogP) is 0.0932. The second-order valence-corrected chi connectivity index (χ2v) is 3.20. The van der Waals surface area contributed by atoms with Crippen LogP contribution in [0.25, 0.3) is 0 Å². The maximum atomic E-state index is 11.3. The van der Waals surface area contributed by atoms with E-state index in [9.17, 15) is 9.59 Å². The minimum atomic E-state index is -1.02. The second kappa shape index (κ2) is 6.37. The predicted molar refractivity (Wildman–Crippen MR) is 52.7 cm³/mol. The first-order valence-electron chi connectivity index (χ1n) is 4.81. The van der Waals surface area contributed by atoms with Gasteiger partial charge in [0.25, 0.3) is 0 Å². The molecule has 0 bridgehead atoms. The van der Waals surface area contributed by atoms with Crippen LogP contribution in [0.5, 0.6) is 0 Å². The highest BCUT2D eigenvalue weighted by Crippen LogP contribution is 1.96. The quantitative estimate of drug-likeness (QED) is 0.569. The van der Waals surface area contributed by atoms with Crippen LogP contribution < -0.4 is 11.1 Å². The summed E-state index contributed by atoms with van der Waals surface area (Å²) >= 11 is 0. The van der Waals surface area contributed by atoms with E-state index in [0.29, 0.717) is 12.8 Å². The van der Waals surface area contributed by atoms with Gasteiger partial charge in [-0.3, -0.25) is 4.79 Å². The van der Waals surface area contributed by atoms with E-state index in [1.165, 1.54) is 0 Å². The number of carboxylic acid groups (broad SMARTS) is 1. The number of aliphatic carboxylic acids is 1. The van der Waals surface area contributed by atoms with E-state index in [0.717, 1.165) is 6.42 Å². The standard InChI is InChI=1S/C9H18N2O3/c1-3-5-6(10)8(12)11-7(4-2)9(13)14/h6-7H,3-5,10H2,1-2H3,(H,11,12)(H,13,14)/t6-,7?/m1/s1. The zero-order chi connectivity index (χ0) is 11.1. The van der Waals surface area contributed by atoms with Gasteiger partial charge < -0.3 is 16.2 Å². The molecule has 14 heavy (non-hydrogen) atoms. The van der Waals surface area contributed by atoms with Crippen molar-refractivity contribution in [3.8, 4) is 0 Å². The Morgan fingerprint density at radius 3 is 2.36 bits per heavy atom. The molecule has 0 spiro atoms. The van der Waals surface area contributed by atoms with Gasteiger partial charge in [0, 0.05) is 0 Å². The van der Waals surface area contributed by atoms with Crippen LogP contribution in [0.3, 0.4) is 0 Å². The normalized spacial score (nSPS) is 14.5. The lowest BCUT2D eigenvalue weighted by Crippen LogP contribution is -2.48. The van der Waals surface area contributed by atoms with E-state index < -0.39 is 18.1 Å². The fourth-order valence-electron chi connectivity index (χ4n) is 1.06. The number of nitrogens with two attached hydrogens (primary N) is 1. The maximum absolute atomic E-state index is 11.3. The molecule has 0 aliphatic rings. The molecule has 0 aromatic carbocycles. The smallest absolute Gasteiger partial charge is 0.326 e. The fraction of sp³-hybridized carbons (Fsp3) is 0.778. The Hall–Kier alpha value is -1.10. The van der Waals surface area contributed by atoms with E-state index in [4.69, 9.17) is 10.8 Å². The van der Waals surface area contributed by atoms with Crippen molar-refractivity contribution in [1.82, 2.24) is 5.32 Å². The van der Waals surface area contributed by atoms with Crippen molar-refractivity contribution in [3.63, 3.8) is 0 Å². The maximum Gasteiger partial charge on any atom is 0.326 e. The minimum absolute atomic E-state index is 0.361. The molecule has 1 amide bonds. The Morgan fingerprint density at radius 1 is 1.43 bits per heavy atom. The molecule has 4 N–H and O–H groups in total. The monoisotopic (exact) mass is 202 g/mol. The van der Waals surface area contributed by atoms with Gasteiger partial charge in [0.2, 0.25) is 5.91 Å². The van der Waals surface area contributed by atoms with Gasteiger partial charge in [0.05, 0.1) is 6.04 Å². The third-order valence-electron chi connectivity index (χ3n) is 1.96. The van der Waals surface area contributed by atoms with Gasteiger partial charge in [-0.15, -0.1) is 0 Å².